The molecule has 0 bridgehead atoms. The van der Waals surface area contributed by atoms with Gasteiger partial charge in [0.25, 0.3) is 0 Å². The maximum Gasteiger partial charge on any atom is 0.0827 e. The van der Waals surface area contributed by atoms with Crippen LogP contribution in [0.2, 0.25) is 0 Å². The summed E-state index contributed by atoms with van der Waals surface area (Å²) in [6.07, 6.45) is 4.68. The molecule has 1 fully saturated rings. The highest BCUT2D eigenvalue weighted by atomic mass is 16.5. The molecule has 1 rings (SSSR count). The summed E-state index contributed by atoms with van der Waals surface area (Å²) >= 11 is 0. The van der Waals surface area contributed by atoms with Crippen molar-refractivity contribution in [1.29, 1.82) is 0 Å². The van der Waals surface area contributed by atoms with Crippen molar-refractivity contribution in [2.75, 3.05) is 6.61 Å². The predicted molar refractivity (Wildman–Crippen MR) is 49.1 cm³/mol. The van der Waals surface area contributed by atoms with E-state index in [0.717, 1.165) is 0 Å². The highest BCUT2D eigenvalue weighted by Crippen LogP contribution is 2.29. The van der Waals surface area contributed by atoms with Crippen LogP contribution in [0.4, 0.5) is 0 Å². The molecule has 0 saturated heterocycles. The van der Waals surface area contributed by atoms with Gasteiger partial charge in [0.15, 0.2) is 0 Å². The Bertz CT molecular complexity index is 119. The van der Waals surface area contributed by atoms with Crippen LogP contribution >= 0.6 is 0 Å². The summed E-state index contributed by atoms with van der Waals surface area (Å²) in [5.41, 5.74) is 0. The highest BCUT2D eigenvalue weighted by Gasteiger charge is 2.27. The van der Waals surface area contributed by atoms with E-state index in [2.05, 4.69) is 0 Å². The van der Waals surface area contributed by atoms with Crippen LogP contribution in [-0.2, 0) is 4.74 Å². The molecule has 0 radical (unpaired) electrons. The molecule has 0 heterocycles. The van der Waals surface area contributed by atoms with Crippen molar-refractivity contribution in [3.8, 4) is 0 Å². The van der Waals surface area contributed by atoms with Crippen molar-refractivity contribution in [1.82, 2.24) is 0 Å². The Morgan fingerprint density at radius 1 is 1.42 bits per heavy atom. The topological polar surface area (TPSA) is 29.5 Å². The summed E-state index contributed by atoms with van der Waals surface area (Å²) in [6, 6.07) is 0. The average molecular weight is 172 g/mol. The molecule has 2 heteroatoms. The van der Waals surface area contributed by atoms with Gasteiger partial charge in [0, 0.05) is 6.61 Å². The predicted octanol–water partition coefficient (Wildman–Crippen LogP) is 1.96. The third kappa shape index (κ3) is 2.46. The first-order valence-corrected chi connectivity index (χ1v) is 5.05. The number of ether oxygens (including phenoxy) is 1. The number of rotatable bonds is 4. The minimum absolute atomic E-state index is 0.0121. The van der Waals surface area contributed by atoms with Gasteiger partial charge in [0.2, 0.25) is 0 Å². The van der Waals surface area contributed by atoms with Crippen LogP contribution in [0.3, 0.4) is 0 Å². The Morgan fingerprint density at radius 3 is 2.50 bits per heavy atom. The van der Waals surface area contributed by atoms with Crippen molar-refractivity contribution in [2.45, 2.75) is 51.7 Å². The standard InChI is InChI=1S/C10H20O2/c1-3-12-8(2)10(11)9-6-4-5-7-9/h8-11H,3-7H2,1-2H3. The summed E-state index contributed by atoms with van der Waals surface area (Å²) in [7, 11) is 0. The van der Waals surface area contributed by atoms with Gasteiger partial charge in [0.1, 0.15) is 0 Å². The highest BCUT2D eigenvalue weighted by molar-refractivity contribution is 4.78. The van der Waals surface area contributed by atoms with E-state index in [1.54, 1.807) is 0 Å². The lowest BCUT2D eigenvalue weighted by atomic mass is 9.97. The summed E-state index contributed by atoms with van der Waals surface area (Å²) in [5.74, 6) is 0.492. The van der Waals surface area contributed by atoms with Crippen LogP contribution in [0.25, 0.3) is 0 Å². The molecular weight excluding hydrogens is 152 g/mol. The quantitative estimate of drug-likeness (QED) is 0.702. The monoisotopic (exact) mass is 172 g/mol. The maximum atomic E-state index is 9.82. The molecule has 2 atom stereocenters. The van der Waals surface area contributed by atoms with E-state index in [-0.39, 0.29) is 12.2 Å². The molecule has 0 spiro atoms. The molecule has 1 saturated carbocycles. The van der Waals surface area contributed by atoms with Crippen LogP contribution in [0.15, 0.2) is 0 Å². The zero-order valence-electron chi connectivity index (χ0n) is 8.12. The molecule has 1 N–H and O–H groups in total. The van der Waals surface area contributed by atoms with Crippen LogP contribution in [0, 0.1) is 5.92 Å². The Kier molecular flexibility index (Phi) is 4.02. The number of aliphatic hydroxyl groups is 1. The lowest BCUT2D eigenvalue weighted by Gasteiger charge is -2.23. The summed E-state index contributed by atoms with van der Waals surface area (Å²) < 4.78 is 5.37. The fraction of sp³-hybridized carbons (Fsp3) is 1.00. The Balaban J connectivity index is 2.29. The summed E-state index contributed by atoms with van der Waals surface area (Å²) in [5, 5.41) is 9.82. The van der Waals surface area contributed by atoms with Crippen LogP contribution in [0.5, 0.6) is 0 Å². The van der Waals surface area contributed by atoms with Crippen LogP contribution in [-0.4, -0.2) is 23.9 Å². The average Bonchev–Trinajstić information content (AvgIpc) is 2.55. The van der Waals surface area contributed by atoms with Gasteiger partial charge in [-0.05, 0) is 32.6 Å². The molecular formula is C10H20O2. The van der Waals surface area contributed by atoms with Crippen molar-refractivity contribution in [2.24, 2.45) is 5.92 Å². The fourth-order valence-electron chi connectivity index (χ4n) is 2.04. The lowest BCUT2D eigenvalue weighted by Crippen LogP contribution is -2.32. The van der Waals surface area contributed by atoms with E-state index < -0.39 is 0 Å². The van der Waals surface area contributed by atoms with Gasteiger partial charge in [-0.25, -0.2) is 0 Å². The molecule has 2 nitrogen and oxygen atoms in total. The first-order valence-electron chi connectivity index (χ1n) is 5.05. The molecule has 0 aliphatic heterocycles. The van der Waals surface area contributed by atoms with Crippen molar-refractivity contribution < 1.29 is 9.84 Å². The zero-order valence-corrected chi connectivity index (χ0v) is 8.12. The second-order valence-electron chi connectivity index (χ2n) is 3.70. The Morgan fingerprint density at radius 2 is 2.00 bits per heavy atom. The SMILES string of the molecule is CCOC(C)C(O)C1CCCC1. The van der Waals surface area contributed by atoms with E-state index in [1.165, 1.54) is 25.7 Å². The first kappa shape index (κ1) is 10.0. The fourth-order valence-corrected chi connectivity index (χ4v) is 2.04. The smallest absolute Gasteiger partial charge is 0.0827 e. The molecule has 0 aromatic carbocycles. The first-order chi connectivity index (χ1) is 5.75. The molecule has 0 amide bonds. The van der Waals surface area contributed by atoms with Gasteiger partial charge in [0.05, 0.1) is 12.2 Å². The summed E-state index contributed by atoms with van der Waals surface area (Å²) in [6.45, 7) is 4.63. The maximum absolute atomic E-state index is 9.82. The third-order valence-corrected chi connectivity index (χ3v) is 2.79. The van der Waals surface area contributed by atoms with E-state index in [4.69, 9.17) is 4.74 Å². The van der Waals surface area contributed by atoms with Crippen molar-refractivity contribution >= 4 is 0 Å². The Hall–Kier alpha value is -0.0800. The largest absolute Gasteiger partial charge is 0.390 e. The molecule has 12 heavy (non-hydrogen) atoms. The normalized spacial score (nSPS) is 24.2. The van der Waals surface area contributed by atoms with Crippen LogP contribution < -0.4 is 0 Å². The number of aliphatic hydroxyl groups excluding tert-OH is 1. The van der Waals surface area contributed by atoms with Crippen LogP contribution in [0.1, 0.15) is 39.5 Å². The second kappa shape index (κ2) is 4.83. The minimum Gasteiger partial charge on any atom is -0.390 e. The zero-order chi connectivity index (χ0) is 8.97. The molecule has 2 unspecified atom stereocenters. The van der Waals surface area contributed by atoms with Gasteiger partial charge in [-0.2, -0.15) is 0 Å². The molecule has 72 valence electrons. The van der Waals surface area contributed by atoms with E-state index in [0.29, 0.717) is 12.5 Å². The van der Waals surface area contributed by atoms with E-state index >= 15 is 0 Å². The van der Waals surface area contributed by atoms with E-state index in [9.17, 15) is 5.11 Å². The van der Waals surface area contributed by atoms with Gasteiger partial charge < -0.3 is 9.84 Å². The minimum atomic E-state index is -0.243. The summed E-state index contributed by atoms with van der Waals surface area (Å²) in [4.78, 5) is 0. The van der Waals surface area contributed by atoms with Gasteiger partial charge in [-0.1, -0.05) is 12.8 Å². The van der Waals surface area contributed by atoms with Gasteiger partial charge in [-0.15, -0.1) is 0 Å². The number of hydrogen-bond acceptors (Lipinski definition) is 2. The van der Waals surface area contributed by atoms with Gasteiger partial charge in [-0.3, -0.25) is 0 Å². The third-order valence-electron chi connectivity index (χ3n) is 2.79. The second-order valence-corrected chi connectivity index (χ2v) is 3.70. The van der Waals surface area contributed by atoms with E-state index in [1.807, 2.05) is 13.8 Å². The molecule has 0 aromatic heterocycles. The molecule has 0 aromatic rings. The molecule has 1 aliphatic rings. The molecule has 1 aliphatic carbocycles. The van der Waals surface area contributed by atoms with Gasteiger partial charge >= 0.3 is 0 Å². The number of hydrogen-bond donors (Lipinski definition) is 1. The van der Waals surface area contributed by atoms with Crippen molar-refractivity contribution in [3.63, 3.8) is 0 Å². The lowest BCUT2D eigenvalue weighted by molar-refractivity contribution is -0.0470. The van der Waals surface area contributed by atoms with Crippen molar-refractivity contribution in [3.05, 3.63) is 0 Å². The Labute approximate surface area is 74.9 Å².